The second-order valence-corrected chi connectivity index (χ2v) is 4.16. The summed E-state index contributed by atoms with van der Waals surface area (Å²) >= 11 is 0. The monoisotopic (exact) mass is 378 g/mol. The lowest BCUT2D eigenvalue weighted by Crippen LogP contribution is -2.57. The molecule has 0 unspecified atom stereocenters. The van der Waals surface area contributed by atoms with Crippen LogP contribution in [0.4, 0.5) is 48.3 Å². The van der Waals surface area contributed by atoms with Gasteiger partial charge in [-0.05, 0) is 6.42 Å². The summed E-state index contributed by atoms with van der Waals surface area (Å²) in [5, 5.41) is 15.2. The highest BCUT2D eigenvalue weighted by Gasteiger charge is 2.74. The molecule has 0 aliphatic heterocycles. The van der Waals surface area contributed by atoms with Crippen LogP contribution in [-0.4, -0.2) is 30.4 Å². The van der Waals surface area contributed by atoms with Gasteiger partial charge in [0.1, 0.15) is 6.42 Å². The Bertz CT molecular complexity index is 444. The van der Waals surface area contributed by atoms with E-state index in [0.29, 0.717) is 0 Å². The van der Waals surface area contributed by atoms with Gasteiger partial charge in [-0.25, -0.2) is 8.78 Å². The van der Waals surface area contributed by atoms with Crippen LogP contribution in [0.3, 0.4) is 0 Å². The van der Waals surface area contributed by atoms with Crippen molar-refractivity contribution < 1.29 is 48.3 Å². The lowest BCUT2D eigenvalue weighted by molar-refractivity contribution is -0.340. The van der Waals surface area contributed by atoms with E-state index in [1.807, 2.05) is 0 Å². The van der Waals surface area contributed by atoms with Crippen LogP contribution >= 0.6 is 0 Å². The number of hydrogen-bond acceptors (Lipinski definition) is 2. The predicted molar refractivity (Wildman–Crippen MR) is 56.6 cm³/mol. The van der Waals surface area contributed by atoms with Crippen LogP contribution in [0, 0.1) is 22.7 Å². The zero-order valence-electron chi connectivity index (χ0n) is 11.5. The molecular weight excluding hydrogens is 369 g/mol. The smallest absolute Gasteiger partial charge is 0.203 e. The molecule has 0 radical (unpaired) electrons. The quantitative estimate of drug-likeness (QED) is 0.588. The van der Waals surface area contributed by atoms with Gasteiger partial charge in [0.25, 0.3) is 0 Å². The molecule has 0 saturated heterocycles. The maximum atomic E-state index is 12.7. The summed E-state index contributed by atoms with van der Waals surface area (Å²) < 4.78 is 133. The molecule has 0 aromatic carbocycles. The molecule has 0 amide bonds. The van der Waals surface area contributed by atoms with E-state index in [4.69, 9.17) is 10.5 Å². The lowest BCUT2D eigenvalue weighted by Gasteiger charge is -2.32. The molecule has 0 aromatic rings. The average Bonchev–Trinajstić information content (AvgIpc) is 2.37. The first-order chi connectivity index (χ1) is 10.6. The minimum absolute atomic E-state index is 0. The van der Waals surface area contributed by atoms with Gasteiger partial charge in [-0.2, -0.15) is 50.0 Å². The molecule has 0 spiro atoms. The molecule has 24 heavy (non-hydrogen) atoms. The maximum absolute atomic E-state index is 12.7. The van der Waals surface area contributed by atoms with Gasteiger partial charge in [0.2, 0.25) is 0 Å². The van der Waals surface area contributed by atoms with Crippen molar-refractivity contribution in [3.8, 4) is 12.1 Å². The summed E-state index contributed by atoms with van der Waals surface area (Å²) in [5.74, 6) is -18.5. The Balaban J connectivity index is 0. The highest BCUT2D eigenvalue weighted by Crippen LogP contribution is 2.50. The Labute approximate surface area is 128 Å². The number of rotatable bonds is 6. The molecule has 0 fully saturated rings. The van der Waals surface area contributed by atoms with Crippen molar-refractivity contribution >= 4 is 0 Å². The van der Waals surface area contributed by atoms with E-state index in [9.17, 15) is 48.3 Å². The molecule has 0 N–H and O–H groups in total. The van der Waals surface area contributed by atoms with Gasteiger partial charge in [0, 0.05) is 12.8 Å². The number of hydrogen-bond donors (Lipinski definition) is 0. The SMILES string of the molecule is FC(F)C(F)(F)C(F)(F)C(F)(F)CCCC(F)(F)F.N#CCC#N. The van der Waals surface area contributed by atoms with Crippen molar-refractivity contribution in [1.82, 2.24) is 0 Å². The summed E-state index contributed by atoms with van der Waals surface area (Å²) in [4.78, 5) is 0. The first-order valence-corrected chi connectivity index (χ1v) is 5.79. The number of nitrogens with zero attached hydrogens (tertiary/aromatic N) is 2. The minimum Gasteiger partial charge on any atom is -0.203 e. The first kappa shape index (κ1) is 24.5. The van der Waals surface area contributed by atoms with Crippen LogP contribution in [0.1, 0.15) is 25.7 Å². The molecule has 0 aliphatic rings. The highest BCUT2D eigenvalue weighted by molar-refractivity contribution is 4.97. The van der Waals surface area contributed by atoms with Gasteiger partial charge in [0.05, 0.1) is 12.1 Å². The van der Waals surface area contributed by atoms with Gasteiger partial charge in [-0.1, -0.05) is 0 Å². The molecule has 0 heterocycles. The second kappa shape index (κ2) is 8.89. The Morgan fingerprint density at radius 2 is 1.17 bits per heavy atom. The van der Waals surface area contributed by atoms with E-state index >= 15 is 0 Å². The normalized spacial score (nSPS) is 12.9. The van der Waals surface area contributed by atoms with Gasteiger partial charge in [0.15, 0.2) is 0 Å². The fourth-order valence-electron chi connectivity index (χ4n) is 1.08. The third-order valence-electron chi connectivity index (χ3n) is 2.26. The van der Waals surface area contributed by atoms with Gasteiger partial charge in [-0.15, -0.1) is 0 Å². The third kappa shape index (κ3) is 7.19. The molecule has 0 rings (SSSR count). The molecular formula is C11H9F11N2. The third-order valence-corrected chi connectivity index (χ3v) is 2.26. The summed E-state index contributed by atoms with van der Waals surface area (Å²) in [6, 6.07) is 3.31. The fraction of sp³-hybridized carbons (Fsp3) is 0.818. The summed E-state index contributed by atoms with van der Waals surface area (Å²) in [5.41, 5.74) is 0. The number of halogens is 11. The Kier molecular flexibility index (Phi) is 9.07. The first-order valence-electron chi connectivity index (χ1n) is 5.79. The molecule has 0 aromatic heterocycles. The van der Waals surface area contributed by atoms with Crippen molar-refractivity contribution in [1.29, 1.82) is 10.5 Å². The van der Waals surface area contributed by atoms with Crippen LogP contribution in [0.15, 0.2) is 0 Å². The van der Waals surface area contributed by atoms with E-state index < -0.39 is 49.6 Å². The number of alkyl halides is 11. The topological polar surface area (TPSA) is 47.6 Å². The zero-order chi connectivity index (χ0) is 19.8. The molecule has 13 heteroatoms. The van der Waals surface area contributed by atoms with Crippen LogP contribution in [0.2, 0.25) is 0 Å². The average molecular weight is 378 g/mol. The molecule has 140 valence electrons. The Hall–Kier alpha value is -1.79. The zero-order valence-corrected chi connectivity index (χ0v) is 11.5. The number of nitriles is 2. The van der Waals surface area contributed by atoms with Crippen molar-refractivity contribution in [2.75, 3.05) is 0 Å². The highest BCUT2D eigenvalue weighted by atomic mass is 19.4. The molecule has 2 nitrogen and oxygen atoms in total. The molecule has 0 bridgehead atoms. The maximum Gasteiger partial charge on any atom is 0.389 e. The predicted octanol–water partition coefficient (Wildman–Crippen LogP) is 5.31. The van der Waals surface area contributed by atoms with Crippen LogP contribution in [0.5, 0.6) is 0 Å². The van der Waals surface area contributed by atoms with Crippen LogP contribution in [-0.2, 0) is 0 Å². The summed E-state index contributed by atoms with van der Waals surface area (Å²) in [6.45, 7) is 0. The van der Waals surface area contributed by atoms with Crippen molar-refractivity contribution in [2.24, 2.45) is 0 Å². The van der Waals surface area contributed by atoms with E-state index in [-0.39, 0.29) is 6.42 Å². The van der Waals surface area contributed by atoms with Crippen LogP contribution < -0.4 is 0 Å². The van der Waals surface area contributed by atoms with E-state index in [0.717, 1.165) is 0 Å². The summed E-state index contributed by atoms with van der Waals surface area (Å²) in [6.07, 6.45) is -15.8. The largest absolute Gasteiger partial charge is 0.389 e. The Morgan fingerprint density at radius 3 is 1.42 bits per heavy atom. The van der Waals surface area contributed by atoms with E-state index in [1.165, 1.54) is 0 Å². The molecule has 0 atom stereocenters. The Morgan fingerprint density at radius 1 is 0.750 bits per heavy atom. The van der Waals surface area contributed by atoms with Gasteiger partial charge >= 0.3 is 30.4 Å². The molecule has 0 saturated carbocycles. The van der Waals surface area contributed by atoms with Crippen molar-refractivity contribution in [2.45, 2.75) is 56.1 Å². The van der Waals surface area contributed by atoms with Crippen molar-refractivity contribution in [3.63, 3.8) is 0 Å². The second-order valence-electron chi connectivity index (χ2n) is 4.16. The van der Waals surface area contributed by atoms with E-state index in [1.54, 1.807) is 12.1 Å². The minimum atomic E-state index is -6.44. The fourth-order valence-corrected chi connectivity index (χ4v) is 1.08. The molecule has 0 aliphatic carbocycles. The summed E-state index contributed by atoms with van der Waals surface area (Å²) in [7, 11) is 0. The standard InChI is InChI=1S/C8H7F11.C3H2N2/c9-4(10)7(16,17)8(18,19)5(11,12)2-1-3-6(13,14)15;4-2-1-3-5/h4H,1-3H2;1H2. The van der Waals surface area contributed by atoms with Gasteiger partial charge in [-0.3, -0.25) is 0 Å². The van der Waals surface area contributed by atoms with Gasteiger partial charge < -0.3 is 0 Å². The van der Waals surface area contributed by atoms with Crippen molar-refractivity contribution in [3.05, 3.63) is 0 Å². The van der Waals surface area contributed by atoms with E-state index in [2.05, 4.69) is 0 Å². The lowest BCUT2D eigenvalue weighted by atomic mass is 9.99. The van der Waals surface area contributed by atoms with Crippen LogP contribution in [0.25, 0.3) is 0 Å².